The van der Waals surface area contributed by atoms with Gasteiger partial charge in [0.1, 0.15) is 5.60 Å². The fourth-order valence-electron chi connectivity index (χ4n) is 3.71. The van der Waals surface area contributed by atoms with Crippen LogP contribution in [0.5, 0.6) is 0 Å². The highest BCUT2D eigenvalue weighted by Crippen LogP contribution is 2.46. The molecule has 6 heteroatoms. The van der Waals surface area contributed by atoms with Crippen molar-refractivity contribution in [2.75, 3.05) is 6.61 Å². The van der Waals surface area contributed by atoms with E-state index < -0.39 is 11.6 Å². The quantitative estimate of drug-likeness (QED) is 0.876. The largest absolute Gasteiger partial charge is 0.481 e. The minimum Gasteiger partial charge on any atom is -0.481 e. The molecule has 2 N–H and O–H groups in total. The summed E-state index contributed by atoms with van der Waals surface area (Å²) in [6.07, 6.45) is 1.28. The van der Waals surface area contributed by atoms with Crippen molar-refractivity contribution < 1.29 is 14.6 Å². The lowest BCUT2D eigenvalue weighted by molar-refractivity contribution is -0.155. The Labute approximate surface area is 145 Å². The summed E-state index contributed by atoms with van der Waals surface area (Å²) in [6.45, 7) is 4.44. The number of carboxylic acid groups (broad SMARTS) is 1. The van der Waals surface area contributed by atoms with Crippen LogP contribution >= 0.6 is 11.6 Å². The molecule has 1 aromatic carbocycles. The molecular weight excluding hydrogens is 328 g/mol. The molecule has 2 atom stereocenters. The summed E-state index contributed by atoms with van der Waals surface area (Å²) in [6, 6.07) is 5.60. The van der Waals surface area contributed by atoms with Crippen molar-refractivity contribution >= 4 is 28.5 Å². The molecule has 126 valence electrons. The van der Waals surface area contributed by atoms with Gasteiger partial charge in [-0.25, -0.2) is 0 Å². The lowest BCUT2D eigenvalue weighted by atomic mass is 9.77. The predicted molar refractivity (Wildman–Crippen MR) is 91.1 cm³/mol. The van der Waals surface area contributed by atoms with Crippen LogP contribution in [0.3, 0.4) is 0 Å². The maximum Gasteiger partial charge on any atom is 0.306 e. The Morgan fingerprint density at radius 2 is 2.33 bits per heavy atom. The summed E-state index contributed by atoms with van der Waals surface area (Å²) in [5, 5.41) is 20.2. The second-order valence-corrected chi connectivity index (χ2v) is 6.71. The van der Waals surface area contributed by atoms with E-state index in [1.54, 1.807) is 12.1 Å². The number of halogens is 1. The number of nitriles is 1. The first-order valence-corrected chi connectivity index (χ1v) is 8.41. The second kappa shape index (κ2) is 6.12. The van der Waals surface area contributed by atoms with Gasteiger partial charge in [0.2, 0.25) is 0 Å². The summed E-state index contributed by atoms with van der Waals surface area (Å²) in [7, 11) is 0. The average Bonchev–Trinajstić information content (AvgIpc) is 2.96. The number of carbonyl (C=O) groups is 1. The van der Waals surface area contributed by atoms with Crippen molar-refractivity contribution in [3.63, 3.8) is 0 Å². The lowest BCUT2D eigenvalue weighted by Gasteiger charge is -2.40. The van der Waals surface area contributed by atoms with Crippen LogP contribution in [0, 0.1) is 17.2 Å². The van der Waals surface area contributed by atoms with E-state index in [1.165, 1.54) is 0 Å². The molecular formula is C18H19ClN2O3. The predicted octanol–water partition coefficient (Wildman–Crippen LogP) is 3.98. The molecule has 0 bridgehead atoms. The van der Waals surface area contributed by atoms with E-state index in [1.807, 2.05) is 13.8 Å². The molecule has 1 aliphatic rings. The topological polar surface area (TPSA) is 86.1 Å². The number of aromatic amines is 1. The van der Waals surface area contributed by atoms with Gasteiger partial charge in [-0.15, -0.1) is 0 Å². The number of benzene rings is 1. The number of hydrogen-bond acceptors (Lipinski definition) is 3. The Balaban J connectivity index is 2.34. The summed E-state index contributed by atoms with van der Waals surface area (Å²) >= 11 is 6.32. The van der Waals surface area contributed by atoms with Crippen molar-refractivity contribution in [3.05, 3.63) is 34.0 Å². The van der Waals surface area contributed by atoms with Crippen LogP contribution in [0.15, 0.2) is 12.1 Å². The highest BCUT2D eigenvalue weighted by Gasteiger charge is 2.46. The van der Waals surface area contributed by atoms with Gasteiger partial charge in [-0.05, 0) is 30.0 Å². The van der Waals surface area contributed by atoms with E-state index in [4.69, 9.17) is 16.3 Å². The zero-order valence-electron chi connectivity index (χ0n) is 13.6. The molecule has 0 aliphatic carbocycles. The molecule has 0 spiro atoms. The van der Waals surface area contributed by atoms with E-state index in [9.17, 15) is 15.2 Å². The lowest BCUT2D eigenvalue weighted by Crippen LogP contribution is -2.43. The van der Waals surface area contributed by atoms with Crippen LogP contribution in [-0.4, -0.2) is 22.7 Å². The Morgan fingerprint density at radius 3 is 2.96 bits per heavy atom. The molecule has 0 fully saturated rings. The van der Waals surface area contributed by atoms with E-state index in [-0.39, 0.29) is 12.3 Å². The summed E-state index contributed by atoms with van der Waals surface area (Å²) in [4.78, 5) is 14.8. The number of nitrogens with one attached hydrogen (secondary N) is 1. The standard InChI is InChI=1S/C18H19ClN2O3/c1-3-10(2)18(8-14(22)23)17-12(6-7-24-18)15-11(9-20)4-5-13(19)16(15)21-17/h4-5,10,21H,3,6-8H2,1-2H3,(H,22,23)/t10?,18-/m0/s1. The number of ether oxygens (including phenoxy) is 1. The van der Waals surface area contributed by atoms with E-state index in [0.717, 1.165) is 23.1 Å². The van der Waals surface area contributed by atoms with E-state index in [2.05, 4.69) is 11.1 Å². The summed E-state index contributed by atoms with van der Waals surface area (Å²) < 4.78 is 6.06. The van der Waals surface area contributed by atoms with Gasteiger partial charge in [0.25, 0.3) is 0 Å². The molecule has 2 heterocycles. The number of carboxylic acids is 1. The van der Waals surface area contributed by atoms with Gasteiger partial charge in [0.05, 0.1) is 40.9 Å². The highest BCUT2D eigenvalue weighted by atomic mass is 35.5. The fourth-order valence-corrected chi connectivity index (χ4v) is 3.91. The minimum atomic E-state index is -0.927. The van der Waals surface area contributed by atoms with Gasteiger partial charge in [-0.3, -0.25) is 4.79 Å². The maximum atomic E-state index is 11.5. The van der Waals surface area contributed by atoms with Crippen molar-refractivity contribution in [3.8, 4) is 6.07 Å². The van der Waals surface area contributed by atoms with Crippen LogP contribution in [0.1, 0.15) is 43.5 Å². The van der Waals surface area contributed by atoms with Crippen LogP contribution in [0.25, 0.3) is 10.9 Å². The van der Waals surface area contributed by atoms with Crippen molar-refractivity contribution in [2.24, 2.45) is 5.92 Å². The highest BCUT2D eigenvalue weighted by molar-refractivity contribution is 6.35. The van der Waals surface area contributed by atoms with Gasteiger partial charge in [-0.2, -0.15) is 5.26 Å². The minimum absolute atomic E-state index is 0.00465. The van der Waals surface area contributed by atoms with Gasteiger partial charge in [0, 0.05) is 5.39 Å². The Kier molecular flexibility index (Phi) is 4.29. The number of hydrogen-bond donors (Lipinski definition) is 2. The van der Waals surface area contributed by atoms with Crippen molar-refractivity contribution in [2.45, 2.75) is 38.7 Å². The number of rotatable bonds is 4. The van der Waals surface area contributed by atoms with Gasteiger partial charge in [0.15, 0.2) is 0 Å². The van der Waals surface area contributed by atoms with Crippen molar-refractivity contribution in [1.82, 2.24) is 4.98 Å². The maximum absolute atomic E-state index is 11.5. The smallest absolute Gasteiger partial charge is 0.306 e. The third-order valence-electron chi connectivity index (χ3n) is 5.09. The second-order valence-electron chi connectivity index (χ2n) is 6.30. The van der Waals surface area contributed by atoms with E-state index >= 15 is 0 Å². The van der Waals surface area contributed by atoms with Crippen LogP contribution in [0.4, 0.5) is 0 Å². The molecule has 2 aromatic rings. The molecule has 0 amide bonds. The fraction of sp³-hybridized carbons (Fsp3) is 0.444. The SMILES string of the molecule is CCC(C)[C@]1(CC(=O)O)OCCc2c1[nH]c1c(Cl)ccc(C#N)c21. The third kappa shape index (κ3) is 2.38. The first-order valence-electron chi connectivity index (χ1n) is 8.04. The number of fused-ring (bicyclic) bond motifs is 3. The Hall–Kier alpha value is -2.03. The molecule has 1 unspecified atom stereocenters. The van der Waals surface area contributed by atoms with E-state index in [0.29, 0.717) is 29.1 Å². The van der Waals surface area contributed by atoms with Crippen molar-refractivity contribution in [1.29, 1.82) is 5.26 Å². The molecule has 0 saturated carbocycles. The van der Waals surface area contributed by atoms with Crippen LogP contribution in [-0.2, 0) is 21.6 Å². The van der Waals surface area contributed by atoms with Crippen LogP contribution in [0.2, 0.25) is 5.02 Å². The summed E-state index contributed by atoms with van der Waals surface area (Å²) in [5.41, 5.74) is 2.01. The Bertz CT molecular complexity index is 852. The number of aromatic nitrogens is 1. The zero-order chi connectivity index (χ0) is 17.5. The molecule has 1 aliphatic heterocycles. The first kappa shape index (κ1) is 16.8. The monoisotopic (exact) mass is 346 g/mol. The van der Waals surface area contributed by atoms with Gasteiger partial charge < -0.3 is 14.8 Å². The molecule has 0 saturated heterocycles. The third-order valence-corrected chi connectivity index (χ3v) is 5.40. The molecule has 5 nitrogen and oxygen atoms in total. The summed E-state index contributed by atoms with van der Waals surface area (Å²) in [5.74, 6) is -0.904. The normalized spacial score (nSPS) is 21.2. The first-order chi connectivity index (χ1) is 11.4. The number of aliphatic carboxylic acids is 1. The average molecular weight is 347 g/mol. The number of nitrogens with zero attached hydrogens (tertiary/aromatic N) is 1. The molecule has 1 aromatic heterocycles. The van der Waals surface area contributed by atoms with Gasteiger partial charge in [-0.1, -0.05) is 31.9 Å². The molecule has 3 rings (SSSR count). The molecule has 24 heavy (non-hydrogen) atoms. The Morgan fingerprint density at radius 1 is 1.58 bits per heavy atom. The van der Waals surface area contributed by atoms with Gasteiger partial charge >= 0.3 is 5.97 Å². The molecule has 0 radical (unpaired) electrons. The zero-order valence-corrected chi connectivity index (χ0v) is 14.4. The number of H-pyrrole nitrogens is 1. The van der Waals surface area contributed by atoms with Crippen LogP contribution < -0.4 is 0 Å².